The molecule has 0 saturated carbocycles. The molecular formula is C8H11NO. The molecule has 0 aliphatic heterocycles. The summed E-state index contributed by atoms with van der Waals surface area (Å²) in [5, 5.41) is 0. The van der Waals surface area contributed by atoms with E-state index < -0.39 is 0 Å². The van der Waals surface area contributed by atoms with Crippen LogP contribution in [0.2, 0.25) is 0 Å². The highest BCUT2D eigenvalue weighted by Gasteiger charge is 1.95. The zero-order valence-electron chi connectivity index (χ0n) is 6.51. The van der Waals surface area contributed by atoms with Crippen molar-refractivity contribution in [2.24, 2.45) is 7.05 Å². The summed E-state index contributed by atoms with van der Waals surface area (Å²) in [4.78, 5) is 11.2. The van der Waals surface area contributed by atoms with Crippen LogP contribution in [0.1, 0.15) is 11.3 Å². The average Bonchev–Trinajstić information content (AvgIpc) is 1.93. The van der Waals surface area contributed by atoms with Gasteiger partial charge in [-0.25, -0.2) is 0 Å². The van der Waals surface area contributed by atoms with Crippen molar-refractivity contribution < 1.29 is 0 Å². The van der Waals surface area contributed by atoms with Crippen LogP contribution in [-0.2, 0) is 7.05 Å². The topological polar surface area (TPSA) is 22.0 Å². The van der Waals surface area contributed by atoms with Gasteiger partial charge < -0.3 is 4.57 Å². The van der Waals surface area contributed by atoms with Crippen LogP contribution in [0.15, 0.2) is 16.9 Å². The van der Waals surface area contributed by atoms with Gasteiger partial charge in [-0.1, -0.05) is 6.07 Å². The highest BCUT2D eigenvalue weighted by molar-refractivity contribution is 5.12. The summed E-state index contributed by atoms with van der Waals surface area (Å²) < 4.78 is 1.65. The van der Waals surface area contributed by atoms with E-state index in [0.717, 1.165) is 11.3 Å². The molecule has 0 aliphatic carbocycles. The average molecular weight is 137 g/mol. The minimum Gasteiger partial charge on any atom is -0.316 e. The van der Waals surface area contributed by atoms with Gasteiger partial charge in [0, 0.05) is 18.3 Å². The van der Waals surface area contributed by atoms with Crippen LogP contribution in [0.5, 0.6) is 0 Å². The number of pyridine rings is 1. The van der Waals surface area contributed by atoms with E-state index in [1.165, 1.54) is 0 Å². The van der Waals surface area contributed by atoms with Gasteiger partial charge in [-0.15, -0.1) is 0 Å². The Bertz CT molecular complexity index is 299. The van der Waals surface area contributed by atoms with Crippen molar-refractivity contribution in [1.82, 2.24) is 4.57 Å². The number of rotatable bonds is 0. The maximum Gasteiger partial charge on any atom is 0.253 e. The molecule has 0 atom stereocenters. The van der Waals surface area contributed by atoms with Gasteiger partial charge in [-0.3, -0.25) is 4.79 Å². The molecule has 0 saturated heterocycles. The largest absolute Gasteiger partial charge is 0.316 e. The van der Waals surface area contributed by atoms with Crippen LogP contribution in [0.25, 0.3) is 0 Å². The Hall–Kier alpha value is -1.05. The van der Waals surface area contributed by atoms with Crippen LogP contribution >= 0.6 is 0 Å². The quantitative estimate of drug-likeness (QED) is 0.523. The minimum absolute atomic E-state index is 0.0972. The molecule has 2 heteroatoms. The molecule has 0 spiro atoms. The third-order valence-corrected chi connectivity index (χ3v) is 1.75. The fourth-order valence-corrected chi connectivity index (χ4v) is 0.853. The van der Waals surface area contributed by atoms with Gasteiger partial charge in [0.2, 0.25) is 0 Å². The monoisotopic (exact) mass is 137 g/mol. The molecule has 1 aromatic heterocycles. The van der Waals surface area contributed by atoms with E-state index in [1.54, 1.807) is 11.6 Å². The van der Waals surface area contributed by atoms with E-state index in [4.69, 9.17) is 0 Å². The summed E-state index contributed by atoms with van der Waals surface area (Å²) in [7, 11) is 1.78. The van der Waals surface area contributed by atoms with Crippen molar-refractivity contribution >= 4 is 0 Å². The fourth-order valence-electron chi connectivity index (χ4n) is 0.853. The molecule has 1 heterocycles. The minimum atomic E-state index is 0.0972. The molecule has 0 radical (unpaired) electrons. The van der Waals surface area contributed by atoms with Crippen molar-refractivity contribution in [3.05, 3.63) is 33.7 Å². The molecule has 0 N–H and O–H groups in total. The van der Waals surface area contributed by atoms with E-state index in [-0.39, 0.29) is 5.56 Å². The first-order chi connectivity index (χ1) is 4.63. The van der Waals surface area contributed by atoms with Crippen molar-refractivity contribution in [3.8, 4) is 0 Å². The Balaban J connectivity index is 3.50. The summed E-state index contributed by atoms with van der Waals surface area (Å²) in [6, 6.07) is 3.79. The van der Waals surface area contributed by atoms with E-state index in [2.05, 4.69) is 0 Å². The molecular weight excluding hydrogens is 126 g/mol. The van der Waals surface area contributed by atoms with Crippen LogP contribution in [0.4, 0.5) is 0 Å². The van der Waals surface area contributed by atoms with Gasteiger partial charge in [-0.05, 0) is 19.9 Å². The first-order valence-electron chi connectivity index (χ1n) is 3.26. The molecule has 0 amide bonds. The molecule has 2 nitrogen and oxygen atoms in total. The van der Waals surface area contributed by atoms with Gasteiger partial charge in [0.1, 0.15) is 0 Å². The van der Waals surface area contributed by atoms with Gasteiger partial charge >= 0.3 is 0 Å². The lowest BCUT2D eigenvalue weighted by atomic mass is 10.3. The van der Waals surface area contributed by atoms with Gasteiger partial charge in [0.05, 0.1) is 0 Å². The Morgan fingerprint density at radius 2 is 1.90 bits per heavy atom. The maximum absolute atomic E-state index is 11.2. The molecule has 0 fully saturated rings. The van der Waals surface area contributed by atoms with Crippen molar-refractivity contribution in [2.45, 2.75) is 13.8 Å². The molecule has 0 aromatic carbocycles. The van der Waals surface area contributed by atoms with Crippen LogP contribution in [-0.4, -0.2) is 4.57 Å². The SMILES string of the molecule is Cc1ccc(C)n(C)c1=O. The molecule has 0 bridgehead atoms. The lowest BCUT2D eigenvalue weighted by molar-refractivity contribution is 0.809. The molecule has 1 aromatic rings. The number of nitrogens with zero attached hydrogens (tertiary/aromatic N) is 1. The lowest BCUT2D eigenvalue weighted by Crippen LogP contribution is -2.20. The Morgan fingerprint density at radius 1 is 1.30 bits per heavy atom. The van der Waals surface area contributed by atoms with Crippen LogP contribution in [0.3, 0.4) is 0 Å². The number of aromatic nitrogens is 1. The fraction of sp³-hybridized carbons (Fsp3) is 0.375. The molecule has 0 aliphatic rings. The Labute approximate surface area is 60.1 Å². The maximum atomic E-state index is 11.2. The first kappa shape index (κ1) is 7.06. The Kier molecular flexibility index (Phi) is 1.62. The summed E-state index contributed by atoms with van der Waals surface area (Å²) in [6.45, 7) is 3.74. The Morgan fingerprint density at radius 3 is 2.40 bits per heavy atom. The zero-order chi connectivity index (χ0) is 7.72. The standard InChI is InChI=1S/C8H11NO/c1-6-4-5-7(2)9(3)8(6)10/h4-5H,1-3H3. The van der Waals surface area contributed by atoms with Crippen molar-refractivity contribution in [2.75, 3.05) is 0 Å². The lowest BCUT2D eigenvalue weighted by Gasteiger charge is -2.02. The predicted octanol–water partition coefficient (Wildman–Crippen LogP) is 1.00. The van der Waals surface area contributed by atoms with Crippen LogP contribution < -0.4 is 5.56 Å². The zero-order valence-corrected chi connectivity index (χ0v) is 6.51. The smallest absolute Gasteiger partial charge is 0.253 e. The second kappa shape index (κ2) is 2.29. The van der Waals surface area contributed by atoms with Gasteiger partial charge in [0.15, 0.2) is 0 Å². The van der Waals surface area contributed by atoms with E-state index in [0.29, 0.717) is 0 Å². The van der Waals surface area contributed by atoms with E-state index in [9.17, 15) is 4.79 Å². The normalized spacial score (nSPS) is 9.90. The van der Waals surface area contributed by atoms with E-state index >= 15 is 0 Å². The second-order valence-electron chi connectivity index (χ2n) is 2.52. The van der Waals surface area contributed by atoms with Crippen molar-refractivity contribution in [3.63, 3.8) is 0 Å². The highest BCUT2D eigenvalue weighted by Crippen LogP contribution is 1.93. The summed E-state index contributed by atoms with van der Waals surface area (Å²) in [5.41, 5.74) is 1.89. The van der Waals surface area contributed by atoms with Crippen molar-refractivity contribution in [1.29, 1.82) is 0 Å². The third kappa shape index (κ3) is 0.967. The van der Waals surface area contributed by atoms with Gasteiger partial charge in [-0.2, -0.15) is 0 Å². The summed E-state index contributed by atoms with van der Waals surface area (Å²) in [5.74, 6) is 0. The number of hydrogen-bond donors (Lipinski definition) is 0. The molecule has 0 unspecified atom stereocenters. The molecule has 1 rings (SSSR count). The van der Waals surface area contributed by atoms with E-state index in [1.807, 2.05) is 26.0 Å². The van der Waals surface area contributed by atoms with Gasteiger partial charge in [0.25, 0.3) is 5.56 Å². The number of aryl methyl sites for hydroxylation is 2. The predicted molar refractivity (Wildman–Crippen MR) is 41.2 cm³/mol. The van der Waals surface area contributed by atoms with Crippen LogP contribution in [0, 0.1) is 13.8 Å². The molecule has 10 heavy (non-hydrogen) atoms. The number of hydrogen-bond acceptors (Lipinski definition) is 1. The summed E-state index contributed by atoms with van der Waals surface area (Å²) >= 11 is 0. The first-order valence-corrected chi connectivity index (χ1v) is 3.26. The second-order valence-corrected chi connectivity index (χ2v) is 2.52. The highest BCUT2D eigenvalue weighted by atomic mass is 16.1. The summed E-state index contributed by atoms with van der Waals surface area (Å²) in [6.07, 6.45) is 0. The third-order valence-electron chi connectivity index (χ3n) is 1.75. The molecule has 54 valence electrons.